The van der Waals surface area contributed by atoms with Crippen LogP contribution < -0.4 is 14.8 Å². The van der Waals surface area contributed by atoms with Crippen molar-refractivity contribution in [2.75, 3.05) is 19.9 Å². The number of aliphatic imine (C=N–C) groups is 1. The molecule has 3 rings (SSSR count). The molecule has 0 aliphatic carbocycles. The highest BCUT2D eigenvalue weighted by molar-refractivity contribution is 6.04. The maximum absolute atomic E-state index is 12.5. The number of amides is 1. The van der Waals surface area contributed by atoms with Crippen molar-refractivity contribution >= 4 is 11.9 Å². The zero-order valence-electron chi connectivity index (χ0n) is 15.4. The second-order valence-corrected chi connectivity index (χ2v) is 6.15. The number of rotatable bonds is 7. The Labute approximate surface area is 159 Å². The van der Waals surface area contributed by atoms with E-state index in [0.29, 0.717) is 30.2 Å². The first-order valence-electron chi connectivity index (χ1n) is 9.18. The minimum Gasteiger partial charge on any atom is -0.465 e. The van der Waals surface area contributed by atoms with Gasteiger partial charge in [-0.2, -0.15) is 0 Å². The van der Waals surface area contributed by atoms with Crippen molar-refractivity contribution in [3.8, 4) is 11.5 Å². The van der Waals surface area contributed by atoms with E-state index in [4.69, 9.17) is 14.2 Å². The number of aryl methyl sites for hydroxylation is 1. The molecular weight excluding hydrogens is 344 g/mol. The van der Waals surface area contributed by atoms with Crippen LogP contribution in [0.4, 0.5) is 0 Å². The molecule has 0 bridgehead atoms. The van der Waals surface area contributed by atoms with Gasteiger partial charge in [-0.25, -0.2) is 4.99 Å². The largest absolute Gasteiger partial charge is 0.465 e. The van der Waals surface area contributed by atoms with Gasteiger partial charge >= 0.3 is 0 Å². The van der Waals surface area contributed by atoms with E-state index in [9.17, 15) is 4.79 Å². The summed E-state index contributed by atoms with van der Waals surface area (Å²) in [5.74, 6) is 0.924. The Morgan fingerprint density at radius 2 is 1.96 bits per heavy atom. The highest BCUT2D eigenvalue weighted by Gasteiger charge is 2.17. The Morgan fingerprint density at radius 3 is 2.78 bits per heavy atom. The summed E-state index contributed by atoms with van der Waals surface area (Å²) in [5, 5.41) is 2.75. The molecular formula is C21H24N2O4. The zero-order valence-corrected chi connectivity index (χ0v) is 15.4. The molecule has 142 valence electrons. The van der Waals surface area contributed by atoms with Crippen molar-refractivity contribution in [3.63, 3.8) is 0 Å². The van der Waals surface area contributed by atoms with Crippen LogP contribution in [-0.4, -0.2) is 31.9 Å². The second-order valence-electron chi connectivity index (χ2n) is 6.15. The van der Waals surface area contributed by atoms with Gasteiger partial charge in [0.25, 0.3) is 11.9 Å². The van der Waals surface area contributed by atoms with Gasteiger partial charge in [-0.3, -0.25) is 10.1 Å². The molecule has 6 nitrogen and oxygen atoms in total. The van der Waals surface area contributed by atoms with E-state index < -0.39 is 0 Å². The number of hydrogen-bond acceptors (Lipinski definition) is 5. The normalized spacial score (nSPS) is 12.7. The Hall–Kier alpha value is -3.02. The molecule has 0 radical (unpaired) electrons. The molecule has 1 aliphatic rings. The molecule has 1 aliphatic heterocycles. The maximum Gasteiger partial charge on any atom is 0.291 e. The molecule has 2 aromatic carbocycles. The van der Waals surface area contributed by atoms with E-state index in [0.717, 1.165) is 19.3 Å². The number of nitrogens with one attached hydrogen (secondary N) is 1. The summed E-state index contributed by atoms with van der Waals surface area (Å²) in [4.78, 5) is 16.9. The third kappa shape index (κ3) is 5.48. The van der Waals surface area contributed by atoms with E-state index in [2.05, 4.69) is 22.4 Å². The Bertz CT molecular complexity index is 790. The first-order valence-corrected chi connectivity index (χ1v) is 9.18. The van der Waals surface area contributed by atoms with Crippen LogP contribution in [0.15, 0.2) is 53.5 Å². The van der Waals surface area contributed by atoms with Crippen LogP contribution >= 0.6 is 0 Å². The van der Waals surface area contributed by atoms with Gasteiger partial charge in [-0.05, 0) is 43.0 Å². The molecule has 0 saturated heterocycles. The quantitative estimate of drug-likeness (QED) is 0.461. The van der Waals surface area contributed by atoms with Crippen LogP contribution in [0.2, 0.25) is 0 Å². The van der Waals surface area contributed by atoms with Crippen LogP contribution in [0.3, 0.4) is 0 Å². The molecule has 0 fully saturated rings. The summed E-state index contributed by atoms with van der Waals surface area (Å²) in [6.07, 6.45) is 2.65. The van der Waals surface area contributed by atoms with Gasteiger partial charge in [0.1, 0.15) is 0 Å². The Morgan fingerprint density at radius 1 is 1.15 bits per heavy atom. The lowest BCUT2D eigenvalue weighted by molar-refractivity contribution is 0.0965. The maximum atomic E-state index is 12.5. The van der Waals surface area contributed by atoms with Crippen molar-refractivity contribution in [2.24, 2.45) is 4.99 Å². The third-order valence-corrected chi connectivity index (χ3v) is 4.02. The molecule has 6 heteroatoms. The molecule has 0 atom stereocenters. The van der Waals surface area contributed by atoms with Gasteiger partial charge in [-0.1, -0.05) is 37.3 Å². The fourth-order valence-electron chi connectivity index (χ4n) is 2.64. The predicted octanol–water partition coefficient (Wildman–Crippen LogP) is 3.56. The van der Waals surface area contributed by atoms with Crippen LogP contribution in [0.25, 0.3) is 0 Å². The molecule has 27 heavy (non-hydrogen) atoms. The lowest BCUT2D eigenvalue weighted by Gasteiger charge is -2.10. The van der Waals surface area contributed by atoms with Gasteiger partial charge < -0.3 is 14.2 Å². The standard InChI is InChI=1S/C21H24N2O4/c1-2-13-25-21(22-12-6-9-16-7-4-3-5-8-16)23-20(24)17-10-11-18-19(14-17)27-15-26-18/h3-5,7-8,10-11,14H,2,6,9,12-13,15H2,1H3,(H,22,23,24). The van der Waals surface area contributed by atoms with Crippen LogP contribution in [0.1, 0.15) is 35.7 Å². The van der Waals surface area contributed by atoms with Crippen molar-refractivity contribution < 1.29 is 19.0 Å². The lowest BCUT2D eigenvalue weighted by Crippen LogP contribution is -2.33. The fourth-order valence-corrected chi connectivity index (χ4v) is 2.64. The number of fused-ring (bicyclic) bond motifs is 1. The SMILES string of the molecule is CCCOC(=NCCCc1ccccc1)NC(=O)c1ccc2c(c1)OCO2. The molecule has 0 saturated carbocycles. The van der Waals surface area contributed by atoms with E-state index in [1.54, 1.807) is 18.2 Å². The highest BCUT2D eigenvalue weighted by atomic mass is 16.7. The predicted molar refractivity (Wildman–Crippen MR) is 103 cm³/mol. The second kappa shape index (κ2) is 9.62. The number of amidine groups is 1. The first-order chi connectivity index (χ1) is 13.3. The van der Waals surface area contributed by atoms with Crippen molar-refractivity contribution in [1.29, 1.82) is 0 Å². The van der Waals surface area contributed by atoms with Gasteiger partial charge in [0.05, 0.1) is 6.61 Å². The average molecular weight is 368 g/mol. The number of carbonyl (C=O) groups excluding carboxylic acids is 1. The Balaban J connectivity index is 1.57. The minimum atomic E-state index is -0.286. The number of benzene rings is 2. The summed E-state index contributed by atoms with van der Waals surface area (Å²) in [5.41, 5.74) is 1.74. The Kier molecular flexibility index (Phi) is 6.68. The van der Waals surface area contributed by atoms with Crippen LogP contribution in [-0.2, 0) is 11.2 Å². The molecule has 2 aromatic rings. The minimum absolute atomic E-state index is 0.175. The van der Waals surface area contributed by atoms with Gasteiger partial charge in [-0.15, -0.1) is 0 Å². The lowest BCUT2D eigenvalue weighted by atomic mass is 10.1. The zero-order chi connectivity index (χ0) is 18.9. The number of ether oxygens (including phenoxy) is 3. The summed E-state index contributed by atoms with van der Waals surface area (Å²) in [7, 11) is 0. The summed E-state index contributed by atoms with van der Waals surface area (Å²) in [6, 6.07) is 15.6. The van der Waals surface area contributed by atoms with E-state index in [1.807, 2.05) is 25.1 Å². The topological polar surface area (TPSA) is 69.2 Å². The van der Waals surface area contributed by atoms with Crippen molar-refractivity contribution in [1.82, 2.24) is 5.32 Å². The summed E-state index contributed by atoms with van der Waals surface area (Å²) >= 11 is 0. The van der Waals surface area contributed by atoms with Gasteiger partial charge in [0, 0.05) is 12.1 Å². The molecule has 0 aromatic heterocycles. The van der Waals surface area contributed by atoms with Gasteiger partial charge in [0.2, 0.25) is 6.79 Å². The third-order valence-electron chi connectivity index (χ3n) is 4.02. The number of carbonyl (C=O) groups is 1. The summed E-state index contributed by atoms with van der Waals surface area (Å²) in [6.45, 7) is 3.26. The number of nitrogens with zero attached hydrogens (tertiary/aromatic N) is 1. The smallest absolute Gasteiger partial charge is 0.291 e. The molecule has 1 heterocycles. The van der Waals surface area contributed by atoms with Crippen molar-refractivity contribution in [2.45, 2.75) is 26.2 Å². The first kappa shape index (κ1) is 18.8. The fraction of sp³-hybridized carbons (Fsp3) is 0.333. The molecule has 1 amide bonds. The number of hydrogen-bond donors (Lipinski definition) is 1. The molecule has 0 unspecified atom stereocenters. The van der Waals surface area contributed by atoms with Gasteiger partial charge in [0.15, 0.2) is 11.5 Å². The van der Waals surface area contributed by atoms with Crippen LogP contribution in [0.5, 0.6) is 11.5 Å². The monoisotopic (exact) mass is 368 g/mol. The average Bonchev–Trinajstić information content (AvgIpc) is 3.17. The van der Waals surface area contributed by atoms with E-state index in [1.165, 1.54) is 5.56 Å². The van der Waals surface area contributed by atoms with Crippen molar-refractivity contribution in [3.05, 3.63) is 59.7 Å². The van der Waals surface area contributed by atoms with Crippen LogP contribution in [0, 0.1) is 0 Å². The van der Waals surface area contributed by atoms with E-state index >= 15 is 0 Å². The highest BCUT2D eigenvalue weighted by Crippen LogP contribution is 2.32. The summed E-state index contributed by atoms with van der Waals surface area (Å²) < 4.78 is 16.2. The molecule has 0 spiro atoms. The molecule has 1 N–H and O–H groups in total. The van der Waals surface area contributed by atoms with E-state index in [-0.39, 0.29) is 18.7 Å².